The molecule has 8 bridgehead atoms. The van der Waals surface area contributed by atoms with Gasteiger partial charge in [-0.3, -0.25) is 0 Å². The fraction of sp³-hybridized carbons (Fsp3) is 0.154. The van der Waals surface area contributed by atoms with Crippen molar-refractivity contribution in [2.75, 3.05) is 0 Å². The van der Waals surface area contributed by atoms with Crippen LogP contribution in [0.25, 0.3) is 130 Å². The van der Waals surface area contributed by atoms with Crippen molar-refractivity contribution < 1.29 is 0 Å². The molecule has 8 aromatic carbocycles. The van der Waals surface area contributed by atoms with Crippen molar-refractivity contribution in [1.82, 2.24) is 19.9 Å². The summed E-state index contributed by atoms with van der Waals surface area (Å²) in [5.74, 6) is 0. The van der Waals surface area contributed by atoms with E-state index in [1.807, 2.05) is 0 Å². The maximum atomic E-state index is 5.75. The molecule has 2 N–H and O–H groups in total. The first-order valence-corrected chi connectivity index (χ1v) is 19.8. The molecule has 0 atom stereocenters. The second-order valence-electron chi connectivity index (χ2n) is 17.2. The van der Waals surface area contributed by atoms with E-state index < -0.39 is 0 Å². The zero-order valence-corrected chi connectivity index (χ0v) is 32.8. The van der Waals surface area contributed by atoms with E-state index in [9.17, 15) is 0 Å². The third-order valence-electron chi connectivity index (χ3n) is 13.3. The SMILES string of the molecule is Cc1cc(C)c2c(c1)c1c3nc4c(c5ccc([nH]5)c5c6nc7c(c8ccc([nH]8)c32)c2c(C)cc(C)cc2c7c6c2cc(C)cc(C)c25)c2c(C)cc(C)cc2c41. The van der Waals surface area contributed by atoms with Gasteiger partial charge in [0, 0.05) is 65.2 Å². The summed E-state index contributed by atoms with van der Waals surface area (Å²) in [5.41, 5.74) is 18.8. The van der Waals surface area contributed by atoms with Gasteiger partial charge in [-0.25, -0.2) is 9.97 Å². The Bertz CT molecular complexity index is 3490. The molecule has 0 amide bonds. The summed E-state index contributed by atoms with van der Waals surface area (Å²) in [5, 5.41) is 20.0. The lowest BCUT2D eigenvalue weighted by atomic mass is 10.0. The van der Waals surface area contributed by atoms with Gasteiger partial charge in [-0.15, -0.1) is 0 Å². The molecule has 13 rings (SSSR count). The fourth-order valence-electron chi connectivity index (χ4n) is 11.6. The third-order valence-corrected chi connectivity index (χ3v) is 13.3. The summed E-state index contributed by atoms with van der Waals surface area (Å²) in [4.78, 5) is 19.6. The molecule has 0 unspecified atom stereocenters. The van der Waals surface area contributed by atoms with Crippen LogP contribution in [0.2, 0.25) is 0 Å². The van der Waals surface area contributed by atoms with Crippen LogP contribution in [0.4, 0.5) is 0 Å². The summed E-state index contributed by atoms with van der Waals surface area (Å²) >= 11 is 0. The Balaban J connectivity index is 1.41. The van der Waals surface area contributed by atoms with Crippen LogP contribution in [0, 0.1) is 55.4 Å². The number of nitrogens with zero attached hydrogens (tertiary/aromatic N) is 2. The Morgan fingerprint density at radius 3 is 0.750 bits per heavy atom. The molecule has 0 saturated carbocycles. The smallest absolute Gasteiger partial charge is 0.0822 e. The van der Waals surface area contributed by atoms with E-state index in [4.69, 9.17) is 9.97 Å². The van der Waals surface area contributed by atoms with E-state index in [2.05, 4.69) is 138 Å². The average molecular weight is 719 g/mol. The van der Waals surface area contributed by atoms with Gasteiger partial charge in [0.2, 0.25) is 0 Å². The van der Waals surface area contributed by atoms with Crippen LogP contribution in [0.15, 0.2) is 72.8 Å². The van der Waals surface area contributed by atoms with Crippen molar-refractivity contribution in [1.29, 1.82) is 0 Å². The quantitative estimate of drug-likeness (QED) is 0.164. The maximum absolute atomic E-state index is 5.75. The van der Waals surface area contributed by atoms with Gasteiger partial charge in [0.25, 0.3) is 0 Å². The number of hydrogen-bond donors (Lipinski definition) is 2. The van der Waals surface area contributed by atoms with Gasteiger partial charge in [0.05, 0.1) is 22.1 Å². The number of aryl methyl sites for hydroxylation is 8. The number of rotatable bonds is 0. The fourth-order valence-corrected chi connectivity index (χ4v) is 11.6. The predicted octanol–water partition coefficient (Wildman–Crippen LogP) is 14.3. The number of hydrogen-bond acceptors (Lipinski definition) is 2. The van der Waals surface area contributed by atoms with Gasteiger partial charge in [0.15, 0.2) is 0 Å². The molecule has 5 heterocycles. The summed E-state index contributed by atoms with van der Waals surface area (Å²) in [6.45, 7) is 17.9. The highest BCUT2D eigenvalue weighted by molar-refractivity contribution is 6.46. The van der Waals surface area contributed by atoms with Crippen LogP contribution >= 0.6 is 0 Å². The molecule has 0 aliphatic carbocycles. The van der Waals surface area contributed by atoms with Crippen LogP contribution in [0.3, 0.4) is 0 Å². The van der Waals surface area contributed by atoms with Gasteiger partial charge in [-0.2, -0.15) is 0 Å². The highest BCUT2D eigenvalue weighted by Crippen LogP contribution is 2.51. The maximum Gasteiger partial charge on any atom is 0.0822 e. The standard InChI is InChI=1S/C52H38N4/c1-21-13-25(5)37-29(17-21)41-42-30-18-22(2)14-26(6)38(30)46-34-11-12-36(54-34)48-40-28(8)16-24(4)20-32(40)44-43-31-19-23(3)15-27(7)39(31)47(51(43)56-52(44)48)35-10-9-33(53-35)45(37)49(41)55-50(42)46/h9-20,53-54H,1-8H3. The van der Waals surface area contributed by atoms with Gasteiger partial charge in [-0.1, -0.05) is 70.8 Å². The number of nitrogens with one attached hydrogen (secondary N) is 2. The van der Waals surface area contributed by atoms with Crippen molar-refractivity contribution in [3.05, 3.63) is 117 Å². The first kappa shape index (κ1) is 30.8. The lowest BCUT2D eigenvalue weighted by Gasteiger charge is -2.03. The second kappa shape index (κ2) is 9.82. The molecule has 0 aliphatic heterocycles. The molecular weight excluding hydrogens is 681 g/mol. The minimum atomic E-state index is 1.07. The summed E-state index contributed by atoms with van der Waals surface area (Å²) in [6, 6.07) is 28.0. The number of H-pyrrole nitrogens is 2. The molecule has 13 aromatic rings. The Labute approximate surface area is 321 Å². The molecule has 0 spiro atoms. The zero-order chi connectivity index (χ0) is 37.8. The highest BCUT2D eigenvalue weighted by Gasteiger charge is 2.27. The Morgan fingerprint density at radius 2 is 0.518 bits per heavy atom. The van der Waals surface area contributed by atoms with Crippen LogP contribution in [0.5, 0.6) is 0 Å². The van der Waals surface area contributed by atoms with Crippen molar-refractivity contribution in [3.8, 4) is 0 Å². The number of aromatic amines is 2. The topological polar surface area (TPSA) is 57.4 Å². The van der Waals surface area contributed by atoms with E-state index in [-0.39, 0.29) is 0 Å². The molecule has 266 valence electrons. The Kier molecular flexibility index (Phi) is 5.40. The number of benzene rings is 4. The number of aromatic nitrogens is 4. The van der Waals surface area contributed by atoms with Gasteiger partial charge in [-0.05, 0) is 145 Å². The molecular formula is C52H38N4. The van der Waals surface area contributed by atoms with Gasteiger partial charge >= 0.3 is 0 Å². The average Bonchev–Trinajstić information content (AvgIpc) is 3.97. The molecule has 0 radical (unpaired) electrons. The summed E-state index contributed by atoms with van der Waals surface area (Å²) < 4.78 is 0. The van der Waals surface area contributed by atoms with Crippen LogP contribution in [0.1, 0.15) is 44.5 Å². The molecule has 5 aromatic heterocycles. The van der Waals surface area contributed by atoms with E-state index >= 15 is 0 Å². The Hall–Kier alpha value is -6.52. The minimum absolute atomic E-state index is 1.07. The van der Waals surface area contributed by atoms with Crippen LogP contribution < -0.4 is 0 Å². The summed E-state index contributed by atoms with van der Waals surface area (Å²) in [7, 11) is 0. The van der Waals surface area contributed by atoms with Crippen molar-refractivity contribution in [3.63, 3.8) is 0 Å². The lowest BCUT2D eigenvalue weighted by Crippen LogP contribution is -1.80. The molecule has 0 saturated heterocycles. The van der Waals surface area contributed by atoms with E-state index in [1.54, 1.807) is 0 Å². The molecule has 0 aliphatic rings. The molecule has 4 nitrogen and oxygen atoms in total. The van der Waals surface area contributed by atoms with E-state index in [0.29, 0.717) is 0 Å². The highest BCUT2D eigenvalue weighted by atomic mass is 14.8. The van der Waals surface area contributed by atoms with Crippen molar-refractivity contribution >= 4 is 130 Å². The molecule has 4 heteroatoms. The summed E-state index contributed by atoms with van der Waals surface area (Å²) in [6.07, 6.45) is 0. The predicted molar refractivity (Wildman–Crippen MR) is 241 cm³/mol. The monoisotopic (exact) mass is 718 g/mol. The van der Waals surface area contributed by atoms with Gasteiger partial charge < -0.3 is 9.97 Å². The number of fused-ring (bicyclic) bond motifs is 22. The van der Waals surface area contributed by atoms with Gasteiger partial charge in [0.1, 0.15) is 0 Å². The van der Waals surface area contributed by atoms with E-state index in [0.717, 1.165) is 44.1 Å². The normalized spacial score (nSPS) is 13.0. The second-order valence-corrected chi connectivity index (χ2v) is 17.2. The van der Waals surface area contributed by atoms with Crippen LogP contribution in [-0.2, 0) is 0 Å². The van der Waals surface area contributed by atoms with Crippen LogP contribution in [-0.4, -0.2) is 19.9 Å². The minimum Gasteiger partial charge on any atom is -0.354 e. The zero-order valence-electron chi connectivity index (χ0n) is 32.8. The van der Waals surface area contributed by atoms with E-state index in [1.165, 1.54) is 131 Å². The molecule has 56 heavy (non-hydrogen) atoms. The first-order valence-electron chi connectivity index (χ1n) is 19.8. The third kappa shape index (κ3) is 3.49. The van der Waals surface area contributed by atoms with Crippen molar-refractivity contribution in [2.24, 2.45) is 0 Å². The largest absolute Gasteiger partial charge is 0.354 e. The first-order chi connectivity index (χ1) is 27.0. The molecule has 0 fully saturated rings. The Morgan fingerprint density at radius 1 is 0.286 bits per heavy atom. The van der Waals surface area contributed by atoms with Crippen molar-refractivity contribution in [2.45, 2.75) is 55.4 Å². The lowest BCUT2D eigenvalue weighted by molar-refractivity contribution is 1.44.